The standard InChI is InChI=1S/C16H24FNO/c1-12-6-7-16(19-12)10-14(11-18-2)8-13-4-3-5-15(17)9-13/h3-5,9,12,14,16,18H,6-8,10-11H2,1-2H3. The molecule has 0 radical (unpaired) electrons. The highest BCUT2D eigenvalue weighted by Crippen LogP contribution is 2.26. The lowest BCUT2D eigenvalue weighted by molar-refractivity contribution is 0.0409. The van der Waals surface area contributed by atoms with Crippen molar-refractivity contribution in [2.24, 2.45) is 5.92 Å². The number of rotatable bonds is 6. The van der Waals surface area contributed by atoms with Crippen LogP contribution in [-0.2, 0) is 11.2 Å². The van der Waals surface area contributed by atoms with Crippen LogP contribution in [0.5, 0.6) is 0 Å². The molecule has 0 aromatic heterocycles. The van der Waals surface area contributed by atoms with Gasteiger partial charge in [0.2, 0.25) is 0 Å². The zero-order valence-corrected chi connectivity index (χ0v) is 11.9. The molecule has 106 valence electrons. The third-order valence-corrected chi connectivity index (χ3v) is 3.82. The molecule has 1 aromatic carbocycles. The summed E-state index contributed by atoms with van der Waals surface area (Å²) in [5.41, 5.74) is 1.08. The first-order valence-corrected chi connectivity index (χ1v) is 7.22. The highest BCUT2D eigenvalue weighted by Gasteiger charge is 2.24. The van der Waals surface area contributed by atoms with Crippen molar-refractivity contribution in [3.05, 3.63) is 35.6 Å². The molecule has 3 atom stereocenters. The Hall–Kier alpha value is -0.930. The molecule has 3 heteroatoms. The van der Waals surface area contributed by atoms with Crippen molar-refractivity contribution in [2.45, 2.75) is 44.8 Å². The van der Waals surface area contributed by atoms with Crippen LogP contribution >= 0.6 is 0 Å². The van der Waals surface area contributed by atoms with Crippen molar-refractivity contribution in [1.82, 2.24) is 5.32 Å². The zero-order valence-electron chi connectivity index (χ0n) is 11.9. The predicted molar refractivity (Wildman–Crippen MR) is 75.7 cm³/mol. The highest BCUT2D eigenvalue weighted by molar-refractivity contribution is 5.17. The molecule has 0 aliphatic carbocycles. The first-order valence-electron chi connectivity index (χ1n) is 7.22. The van der Waals surface area contributed by atoms with E-state index < -0.39 is 0 Å². The Labute approximate surface area is 115 Å². The van der Waals surface area contributed by atoms with E-state index in [1.807, 2.05) is 13.1 Å². The van der Waals surface area contributed by atoms with Crippen molar-refractivity contribution < 1.29 is 9.13 Å². The van der Waals surface area contributed by atoms with Gasteiger partial charge in [0.05, 0.1) is 12.2 Å². The molecule has 19 heavy (non-hydrogen) atoms. The molecule has 0 amide bonds. The smallest absolute Gasteiger partial charge is 0.123 e. The number of hydrogen-bond donors (Lipinski definition) is 1. The van der Waals surface area contributed by atoms with Gasteiger partial charge in [-0.3, -0.25) is 0 Å². The molecule has 1 aliphatic heterocycles. The minimum absolute atomic E-state index is 0.147. The summed E-state index contributed by atoms with van der Waals surface area (Å²) < 4.78 is 19.1. The molecule has 3 unspecified atom stereocenters. The fourth-order valence-electron chi connectivity index (χ4n) is 2.96. The van der Waals surface area contributed by atoms with Gasteiger partial charge in [0.15, 0.2) is 0 Å². The number of halogens is 1. The van der Waals surface area contributed by atoms with Crippen LogP contribution in [0.3, 0.4) is 0 Å². The molecule has 1 fully saturated rings. The van der Waals surface area contributed by atoms with E-state index in [0.717, 1.165) is 37.8 Å². The fourth-order valence-corrected chi connectivity index (χ4v) is 2.96. The third kappa shape index (κ3) is 4.59. The van der Waals surface area contributed by atoms with Crippen LogP contribution in [0.2, 0.25) is 0 Å². The molecule has 1 saturated heterocycles. The molecular formula is C16H24FNO. The summed E-state index contributed by atoms with van der Waals surface area (Å²) in [6, 6.07) is 6.93. The maximum atomic E-state index is 13.2. The van der Waals surface area contributed by atoms with Crippen LogP contribution in [0.1, 0.15) is 31.7 Å². The average Bonchev–Trinajstić information content (AvgIpc) is 2.75. The second-order valence-electron chi connectivity index (χ2n) is 5.64. The van der Waals surface area contributed by atoms with Gasteiger partial charge < -0.3 is 10.1 Å². The number of ether oxygens (including phenoxy) is 1. The normalized spacial score (nSPS) is 24.6. The van der Waals surface area contributed by atoms with Gasteiger partial charge in [-0.15, -0.1) is 0 Å². The van der Waals surface area contributed by atoms with E-state index in [1.165, 1.54) is 6.07 Å². The number of hydrogen-bond acceptors (Lipinski definition) is 2. The molecule has 1 heterocycles. The first kappa shape index (κ1) is 14.5. The summed E-state index contributed by atoms with van der Waals surface area (Å²) in [5, 5.41) is 3.24. The Morgan fingerprint density at radius 2 is 2.26 bits per heavy atom. The molecule has 1 aliphatic rings. The lowest BCUT2D eigenvalue weighted by Crippen LogP contribution is -2.25. The fraction of sp³-hybridized carbons (Fsp3) is 0.625. The van der Waals surface area contributed by atoms with Gasteiger partial charge in [-0.2, -0.15) is 0 Å². The van der Waals surface area contributed by atoms with Gasteiger partial charge in [0.25, 0.3) is 0 Å². The van der Waals surface area contributed by atoms with E-state index in [9.17, 15) is 4.39 Å². The molecule has 0 spiro atoms. The summed E-state index contributed by atoms with van der Waals surface area (Å²) in [6.45, 7) is 3.09. The Bertz CT molecular complexity index is 396. The quantitative estimate of drug-likeness (QED) is 0.853. The second-order valence-corrected chi connectivity index (χ2v) is 5.64. The number of nitrogens with one attached hydrogen (secondary N) is 1. The van der Waals surface area contributed by atoms with Gasteiger partial charge in [-0.05, 0) is 69.8 Å². The van der Waals surface area contributed by atoms with Crippen LogP contribution in [0.4, 0.5) is 4.39 Å². The van der Waals surface area contributed by atoms with E-state index in [-0.39, 0.29) is 5.82 Å². The molecule has 1 N–H and O–H groups in total. The predicted octanol–water partition coefficient (Wildman–Crippen LogP) is 3.16. The second kappa shape index (κ2) is 7.01. The zero-order chi connectivity index (χ0) is 13.7. The topological polar surface area (TPSA) is 21.3 Å². The van der Waals surface area contributed by atoms with Gasteiger partial charge >= 0.3 is 0 Å². The van der Waals surface area contributed by atoms with Crippen LogP contribution in [-0.4, -0.2) is 25.8 Å². The molecule has 2 nitrogen and oxygen atoms in total. The van der Waals surface area contributed by atoms with Gasteiger partial charge in [0, 0.05) is 0 Å². The molecule has 0 bridgehead atoms. The maximum absolute atomic E-state index is 13.2. The van der Waals surface area contributed by atoms with Crippen LogP contribution in [0, 0.1) is 11.7 Å². The Balaban J connectivity index is 1.92. The summed E-state index contributed by atoms with van der Waals surface area (Å²) >= 11 is 0. The lowest BCUT2D eigenvalue weighted by atomic mass is 9.92. The van der Waals surface area contributed by atoms with Gasteiger partial charge in [-0.25, -0.2) is 4.39 Å². The van der Waals surface area contributed by atoms with Crippen molar-refractivity contribution in [3.63, 3.8) is 0 Å². The van der Waals surface area contributed by atoms with Crippen LogP contribution in [0.25, 0.3) is 0 Å². The average molecular weight is 265 g/mol. The maximum Gasteiger partial charge on any atom is 0.123 e. The van der Waals surface area contributed by atoms with Crippen LogP contribution < -0.4 is 5.32 Å². The van der Waals surface area contributed by atoms with Gasteiger partial charge in [-0.1, -0.05) is 12.1 Å². The van der Waals surface area contributed by atoms with E-state index in [2.05, 4.69) is 12.2 Å². The summed E-state index contributed by atoms with van der Waals surface area (Å²) in [6.07, 6.45) is 5.06. The third-order valence-electron chi connectivity index (χ3n) is 3.82. The minimum atomic E-state index is -0.147. The van der Waals surface area contributed by atoms with Crippen LogP contribution in [0.15, 0.2) is 24.3 Å². The van der Waals surface area contributed by atoms with E-state index in [0.29, 0.717) is 18.1 Å². The molecule has 2 rings (SSSR count). The molecule has 0 saturated carbocycles. The summed E-state index contributed by atoms with van der Waals surface area (Å²) in [4.78, 5) is 0. The van der Waals surface area contributed by atoms with Crippen molar-refractivity contribution >= 4 is 0 Å². The van der Waals surface area contributed by atoms with E-state index >= 15 is 0 Å². The monoisotopic (exact) mass is 265 g/mol. The largest absolute Gasteiger partial charge is 0.375 e. The molecule has 1 aromatic rings. The summed E-state index contributed by atoms with van der Waals surface area (Å²) in [5.74, 6) is 0.355. The minimum Gasteiger partial charge on any atom is -0.375 e. The van der Waals surface area contributed by atoms with Crippen molar-refractivity contribution in [1.29, 1.82) is 0 Å². The van der Waals surface area contributed by atoms with E-state index in [4.69, 9.17) is 4.74 Å². The SMILES string of the molecule is CNCC(Cc1cccc(F)c1)CC1CCC(C)O1. The van der Waals surface area contributed by atoms with E-state index in [1.54, 1.807) is 12.1 Å². The van der Waals surface area contributed by atoms with Crippen molar-refractivity contribution in [2.75, 3.05) is 13.6 Å². The summed E-state index contributed by atoms with van der Waals surface area (Å²) in [7, 11) is 1.97. The highest BCUT2D eigenvalue weighted by atomic mass is 19.1. The Kier molecular flexibility index (Phi) is 5.34. The van der Waals surface area contributed by atoms with Gasteiger partial charge in [0.1, 0.15) is 5.82 Å². The number of benzene rings is 1. The first-order chi connectivity index (χ1) is 9.17. The Morgan fingerprint density at radius 3 is 2.89 bits per heavy atom. The Morgan fingerprint density at radius 1 is 1.42 bits per heavy atom. The van der Waals surface area contributed by atoms with Crippen molar-refractivity contribution in [3.8, 4) is 0 Å². The molecular weight excluding hydrogens is 241 g/mol. The lowest BCUT2D eigenvalue weighted by Gasteiger charge is -2.20.